The van der Waals surface area contributed by atoms with Gasteiger partial charge >= 0.3 is 0 Å². The largest absolute Gasteiger partial charge is 0.452 e. The summed E-state index contributed by atoms with van der Waals surface area (Å²) in [6.07, 6.45) is 1.81. The molecule has 0 aliphatic heterocycles. The van der Waals surface area contributed by atoms with Crippen molar-refractivity contribution in [2.24, 2.45) is 0 Å². The first-order valence-corrected chi connectivity index (χ1v) is 6.75. The van der Waals surface area contributed by atoms with E-state index in [4.69, 9.17) is 4.42 Å². The Hall–Kier alpha value is -0.170. The topological polar surface area (TPSA) is 38.1 Å². The third-order valence-electron chi connectivity index (χ3n) is 1.76. The van der Waals surface area contributed by atoms with Crippen LogP contribution in [0.15, 0.2) is 31.2 Å². The zero-order chi connectivity index (χ0) is 10.7. The fourth-order valence-electron chi connectivity index (χ4n) is 1.11. The molecule has 0 unspecified atom stereocenters. The summed E-state index contributed by atoms with van der Waals surface area (Å²) < 4.78 is 7.09. The van der Waals surface area contributed by atoms with Crippen LogP contribution in [0.4, 0.5) is 0 Å². The molecule has 2 aromatic heterocycles. The molecular weight excluding hydrogens is 344 g/mol. The molecule has 0 saturated heterocycles. The molecule has 80 valence electrons. The second-order valence-corrected chi connectivity index (χ2v) is 5.42. The summed E-state index contributed by atoms with van der Waals surface area (Å²) in [5.41, 5.74) is 0. The van der Waals surface area contributed by atoms with Gasteiger partial charge in [0, 0.05) is 18.1 Å². The van der Waals surface area contributed by atoms with Gasteiger partial charge in [0.15, 0.2) is 4.67 Å². The van der Waals surface area contributed by atoms with Gasteiger partial charge in [-0.15, -0.1) is 11.3 Å². The number of halogens is 2. The number of furan rings is 1. The molecule has 2 heterocycles. The first-order valence-electron chi connectivity index (χ1n) is 4.28. The van der Waals surface area contributed by atoms with Crippen molar-refractivity contribution in [2.45, 2.75) is 13.1 Å². The first kappa shape index (κ1) is 11.3. The Bertz CT molecular complexity index is 408. The van der Waals surface area contributed by atoms with Crippen LogP contribution in [0, 0.1) is 0 Å². The van der Waals surface area contributed by atoms with Gasteiger partial charge in [0.2, 0.25) is 0 Å². The maximum Gasteiger partial charge on any atom is 0.183 e. The number of nitrogens with one attached hydrogen (secondary N) is 1. The molecule has 3 nitrogen and oxygen atoms in total. The molecule has 15 heavy (non-hydrogen) atoms. The Morgan fingerprint density at radius 2 is 2.27 bits per heavy atom. The van der Waals surface area contributed by atoms with Crippen LogP contribution in [-0.4, -0.2) is 4.98 Å². The molecule has 0 aliphatic carbocycles. The summed E-state index contributed by atoms with van der Waals surface area (Å²) in [7, 11) is 0. The standard InChI is InChI=1S/C9H8Br2N2OS/c10-7-3-6(14-9(7)11)4-12-5-8-13-1-2-15-8/h1-3,12H,4-5H2. The fraction of sp³-hybridized carbons (Fsp3) is 0.222. The van der Waals surface area contributed by atoms with Gasteiger partial charge in [0.1, 0.15) is 10.8 Å². The summed E-state index contributed by atoms with van der Waals surface area (Å²) in [5, 5.41) is 6.31. The van der Waals surface area contributed by atoms with E-state index in [1.807, 2.05) is 17.6 Å². The van der Waals surface area contributed by atoms with Crippen LogP contribution >= 0.6 is 43.2 Å². The number of aromatic nitrogens is 1. The molecule has 0 aliphatic rings. The Kier molecular flexibility index (Phi) is 3.96. The number of rotatable bonds is 4. The Labute approximate surface area is 108 Å². The van der Waals surface area contributed by atoms with E-state index < -0.39 is 0 Å². The molecule has 0 amide bonds. The highest BCUT2D eigenvalue weighted by molar-refractivity contribution is 9.13. The van der Waals surface area contributed by atoms with Crippen LogP contribution in [0.2, 0.25) is 0 Å². The second kappa shape index (κ2) is 5.25. The van der Waals surface area contributed by atoms with Gasteiger partial charge < -0.3 is 9.73 Å². The van der Waals surface area contributed by atoms with E-state index in [1.165, 1.54) is 0 Å². The van der Waals surface area contributed by atoms with E-state index >= 15 is 0 Å². The van der Waals surface area contributed by atoms with Gasteiger partial charge in [-0.3, -0.25) is 0 Å². The van der Waals surface area contributed by atoms with Gasteiger partial charge in [0.05, 0.1) is 11.0 Å². The van der Waals surface area contributed by atoms with Crippen molar-refractivity contribution in [1.82, 2.24) is 10.3 Å². The monoisotopic (exact) mass is 350 g/mol. The van der Waals surface area contributed by atoms with Crippen molar-refractivity contribution in [2.75, 3.05) is 0 Å². The molecular formula is C9H8Br2N2OS. The molecule has 0 saturated carbocycles. The Morgan fingerprint density at radius 1 is 1.40 bits per heavy atom. The Balaban J connectivity index is 1.83. The molecule has 0 fully saturated rings. The lowest BCUT2D eigenvalue weighted by Crippen LogP contribution is -2.11. The van der Waals surface area contributed by atoms with E-state index in [0.29, 0.717) is 6.54 Å². The van der Waals surface area contributed by atoms with Crippen LogP contribution in [-0.2, 0) is 13.1 Å². The minimum absolute atomic E-state index is 0.698. The molecule has 0 spiro atoms. The van der Waals surface area contributed by atoms with Crippen molar-refractivity contribution in [3.63, 3.8) is 0 Å². The van der Waals surface area contributed by atoms with E-state index in [2.05, 4.69) is 42.2 Å². The summed E-state index contributed by atoms with van der Waals surface area (Å²) in [6, 6.07) is 1.94. The van der Waals surface area contributed by atoms with Gasteiger partial charge in [-0.2, -0.15) is 0 Å². The van der Waals surface area contributed by atoms with Gasteiger partial charge in [-0.25, -0.2) is 4.98 Å². The molecule has 2 aromatic rings. The fourth-order valence-corrected chi connectivity index (χ4v) is 2.36. The van der Waals surface area contributed by atoms with Crippen LogP contribution in [0.5, 0.6) is 0 Å². The lowest BCUT2D eigenvalue weighted by molar-refractivity contribution is 0.464. The highest BCUT2D eigenvalue weighted by atomic mass is 79.9. The van der Waals surface area contributed by atoms with Crippen LogP contribution < -0.4 is 5.32 Å². The van der Waals surface area contributed by atoms with Gasteiger partial charge in [0.25, 0.3) is 0 Å². The minimum atomic E-state index is 0.698. The lowest BCUT2D eigenvalue weighted by Gasteiger charge is -1.98. The van der Waals surface area contributed by atoms with E-state index in [1.54, 1.807) is 11.3 Å². The van der Waals surface area contributed by atoms with Crippen LogP contribution in [0.1, 0.15) is 10.8 Å². The second-order valence-electron chi connectivity index (χ2n) is 2.86. The number of hydrogen-bond acceptors (Lipinski definition) is 4. The van der Waals surface area contributed by atoms with E-state index in [0.717, 1.165) is 26.5 Å². The van der Waals surface area contributed by atoms with Crippen molar-refractivity contribution in [3.8, 4) is 0 Å². The molecule has 0 bridgehead atoms. The summed E-state index contributed by atoms with van der Waals surface area (Å²) >= 11 is 8.31. The van der Waals surface area contributed by atoms with E-state index in [-0.39, 0.29) is 0 Å². The number of nitrogens with zero attached hydrogens (tertiary/aromatic N) is 1. The zero-order valence-corrected chi connectivity index (χ0v) is 11.7. The number of hydrogen-bond donors (Lipinski definition) is 1. The lowest BCUT2D eigenvalue weighted by atomic mass is 10.4. The molecule has 2 rings (SSSR count). The van der Waals surface area contributed by atoms with Gasteiger partial charge in [-0.1, -0.05) is 0 Å². The maximum absolute atomic E-state index is 5.42. The third kappa shape index (κ3) is 3.14. The Morgan fingerprint density at radius 3 is 2.87 bits per heavy atom. The van der Waals surface area contributed by atoms with Crippen molar-refractivity contribution in [3.05, 3.63) is 37.6 Å². The summed E-state index contributed by atoms with van der Waals surface area (Å²) in [5.74, 6) is 0.894. The summed E-state index contributed by atoms with van der Waals surface area (Å²) in [4.78, 5) is 4.18. The van der Waals surface area contributed by atoms with Crippen molar-refractivity contribution in [1.29, 1.82) is 0 Å². The molecule has 1 N–H and O–H groups in total. The number of thiazole rings is 1. The first-order chi connectivity index (χ1) is 7.25. The zero-order valence-electron chi connectivity index (χ0n) is 7.67. The van der Waals surface area contributed by atoms with Crippen LogP contribution in [0.25, 0.3) is 0 Å². The molecule has 6 heteroatoms. The highest BCUT2D eigenvalue weighted by Crippen LogP contribution is 2.26. The molecule has 0 atom stereocenters. The predicted molar refractivity (Wildman–Crippen MR) is 66.8 cm³/mol. The molecule has 0 radical (unpaired) electrons. The highest BCUT2D eigenvalue weighted by Gasteiger charge is 2.05. The average molecular weight is 352 g/mol. The SMILES string of the molecule is Brc1cc(CNCc2nccs2)oc1Br. The maximum atomic E-state index is 5.42. The van der Waals surface area contributed by atoms with Crippen molar-refractivity contribution < 1.29 is 4.42 Å². The van der Waals surface area contributed by atoms with Crippen molar-refractivity contribution >= 4 is 43.2 Å². The van der Waals surface area contributed by atoms with Crippen LogP contribution in [0.3, 0.4) is 0 Å². The smallest absolute Gasteiger partial charge is 0.183 e. The average Bonchev–Trinajstić information content (AvgIpc) is 2.79. The third-order valence-corrected chi connectivity index (χ3v) is 4.24. The van der Waals surface area contributed by atoms with Gasteiger partial charge in [-0.05, 0) is 37.9 Å². The quantitative estimate of drug-likeness (QED) is 0.915. The van der Waals surface area contributed by atoms with E-state index in [9.17, 15) is 0 Å². The predicted octanol–water partition coefficient (Wildman–Crippen LogP) is 3.55. The normalized spacial score (nSPS) is 10.8. The summed E-state index contributed by atoms with van der Waals surface area (Å²) in [6.45, 7) is 1.47. The minimum Gasteiger partial charge on any atom is -0.452 e. The molecule has 0 aromatic carbocycles.